The predicted molar refractivity (Wildman–Crippen MR) is 114 cm³/mol. The molecule has 3 aromatic carbocycles. The summed E-state index contributed by atoms with van der Waals surface area (Å²) in [4.78, 5) is 46.5. The quantitative estimate of drug-likeness (QED) is 0.304. The van der Waals surface area contributed by atoms with E-state index in [1.54, 1.807) is 6.92 Å². The Morgan fingerprint density at radius 3 is 1.90 bits per heavy atom. The summed E-state index contributed by atoms with van der Waals surface area (Å²) in [5, 5.41) is 8.89. The molecule has 0 aliphatic heterocycles. The number of rotatable bonds is 12. The molecule has 0 spiro atoms. The van der Waals surface area contributed by atoms with Gasteiger partial charge in [-0.15, -0.1) is 0 Å². The van der Waals surface area contributed by atoms with Gasteiger partial charge in [0.05, 0.1) is 6.61 Å². The average Bonchev–Trinajstić information content (AvgIpc) is 2.76. The van der Waals surface area contributed by atoms with Crippen LogP contribution in [-0.4, -0.2) is 26.2 Å². The first-order valence-electron chi connectivity index (χ1n) is 9.59. The van der Waals surface area contributed by atoms with E-state index in [0.29, 0.717) is 44.0 Å². The summed E-state index contributed by atoms with van der Waals surface area (Å²) in [6, 6.07) is 9.85. The number of anilines is 3. The Balaban J connectivity index is 1.43. The highest BCUT2D eigenvalue weighted by Gasteiger charge is 2.22. The molecule has 3 rings (SSSR count). The summed E-state index contributed by atoms with van der Waals surface area (Å²) in [5.74, 6) is 0.0813. The smallest absolute Gasteiger partial charge is 0.272 e. The molecule has 8 nitrogen and oxygen atoms in total. The Morgan fingerprint density at radius 1 is 0.724 bits per heavy atom. The Hall–Kier alpha value is -3.42. The fraction of sp³-hybridized carbons (Fsp3) is 0.333. The summed E-state index contributed by atoms with van der Waals surface area (Å²) in [7, 11) is 0. The summed E-state index contributed by atoms with van der Waals surface area (Å²) in [5.41, 5.74) is -0.258. The van der Waals surface area contributed by atoms with Crippen molar-refractivity contribution in [2.24, 2.45) is 0 Å². The Kier molecular flexibility index (Phi) is 6.43. The van der Waals surface area contributed by atoms with Crippen LogP contribution < -0.4 is 42.4 Å². The van der Waals surface area contributed by atoms with Crippen LogP contribution >= 0.6 is 0 Å². The molecular formula is C21H23N3O5. The normalized spacial score (nSPS) is 10.9. The van der Waals surface area contributed by atoms with Gasteiger partial charge in [0, 0.05) is 19.6 Å². The van der Waals surface area contributed by atoms with Crippen molar-refractivity contribution in [3.05, 3.63) is 76.8 Å². The number of nitrogens with one attached hydrogen (secondary N) is 3. The highest BCUT2D eigenvalue weighted by atomic mass is 16.5. The van der Waals surface area contributed by atoms with E-state index in [9.17, 15) is 19.2 Å². The Bertz CT molecular complexity index is 1110. The maximum absolute atomic E-state index is 11.8. The molecule has 0 heterocycles. The van der Waals surface area contributed by atoms with Crippen molar-refractivity contribution in [2.45, 2.75) is 19.8 Å². The van der Waals surface area contributed by atoms with Gasteiger partial charge in [-0.1, -0.05) is 30.3 Å². The van der Waals surface area contributed by atoms with Gasteiger partial charge >= 0.3 is 0 Å². The molecule has 0 amide bonds. The van der Waals surface area contributed by atoms with E-state index in [1.807, 2.05) is 30.3 Å². The first-order valence-corrected chi connectivity index (χ1v) is 9.59. The summed E-state index contributed by atoms with van der Waals surface area (Å²) in [6.45, 7) is 3.45. The number of hydrogen-bond donors (Lipinski definition) is 3. The van der Waals surface area contributed by atoms with Gasteiger partial charge in [-0.05, 0) is 25.3 Å². The first-order chi connectivity index (χ1) is 14.0. The molecule has 3 aromatic rings. The van der Waals surface area contributed by atoms with Crippen LogP contribution in [0.4, 0.5) is 17.1 Å². The van der Waals surface area contributed by atoms with Crippen molar-refractivity contribution in [3.8, 4) is 5.75 Å². The molecule has 29 heavy (non-hydrogen) atoms. The second-order valence-corrected chi connectivity index (χ2v) is 6.57. The zero-order valence-corrected chi connectivity index (χ0v) is 16.2. The molecular weight excluding hydrogens is 374 g/mol. The van der Waals surface area contributed by atoms with Gasteiger partial charge < -0.3 is 20.7 Å². The SMILES string of the molecule is CCOc1c(NCCCNc2c(NCCc3ccccc3)c(=O)c2=O)c(=O)c1=O. The third-order valence-electron chi connectivity index (χ3n) is 4.58. The Labute approximate surface area is 166 Å². The highest BCUT2D eigenvalue weighted by molar-refractivity contribution is 5.74. The zero-order valence-electron chi connectivity index (χ0n) is 16.2. The highest BCUT2D eigenvalue weighted by Crippen LogP contribution is 2.17. The van der Waals surface area contributed by atoms with Crippen molar-refractivity contribution < 1.29 is 4.74 Å². The van der Waals surface area contributed by atoms with Crippen molar-refractivity contribution >= 4 is 17.1 Å². The number of ether oxygens (including phenoxy) is 1. The first kappa shape index (κ1) is 20.3. The average molecular weight is 397 g/mol. The number of benzene rings is 1. The second-order valence-electron chi connectivity index (χ2n) is 6.57. The molecule has 152 valence electrons. The van der Waals surface area contributed by atoms with Crippen LogP contribution in [0.2, 0.25) is 0 Å². The van der Waals surface area contributed by atoms with Gasteiger partial charge in [0.2, 0.25) is 0 Å². The second kappa shape index (κ2) is 9.18. The van der Waals surface area contributed by atoms with Crippen molar-refractivity contribution in [1.82, 2.24) is 0 Å². The molecule has 0 aliphatic carbocycles. The third kappa shape index (κ3) is 4.37. The lowest BCUT2D eigenvalue weighted by Gasteiger charge is -2.16. The minimum Gasteiger partial charge on any atom is -0.488 e. The van der Waals surface area contributed by atoms with Crippen molar-refractivity contribution in [3.63, 3.8) is 0 Å². The molecule has 3 N–H and O–H groups in total. The van der Waals surface area contributed by atoms with E-state index in [0.717, 1.165) is 12.0 Å². The molecule has 0 unspecified atom stereocenters. The van der Waals surface area contributed by atoms with Gasteiger partial charge in [-0.2, -0.15) is 0 Å². The molecule has 0 aliphatic rings. The zero-order chi connectivity index (χ0) is 20.8. The summed E-state index contributed by atoms with van der Waals surface area (Å²) >= 11 is 0. The van der Waals surface area contributed by atoms with Crippen LogP contribution in [0.3, 0.4) is 0 Å². The third-order valence-corrected chi connectivity index (χ3v) is 4.58. The summed E-state index contributed by atoms with van der Waals surface area (Å²) in [6.07, 6.45) is 1.32. The maximum Gasteiger partial charge on any atom is 0.272 e. The van der Waals surface area contributed by atoms with Crippen molar-refractivity contribution in [1.29, 1.82) is 0 Å². The molecule has 0 saturated heterocycles. The lowest BCUT2D eigenvalue weighted by atomic mass is 10.1. The van der Waals surface area contributed by atoms with E-state index in [-0.39, 0.29) is 11.4 Å². The van der Waals surface area contributed by atoms with Crippen LogP contribution in [0.25, 0.3) is 0 Å². The molecule has 0 aromatic heterocycles. The standard InChI is InChI=1S/C21H23N3O5/c1-2-29-21-16(19(27)20(21)28)23-11-6-10-22-14-15(18(26)17(14)25)24-12-9-13-7-4-3-5-8-13/h3-5,7-8,22-24H,2,6,9-12H2,1H3. The van der Waals surface area contributed by atoms with Crippen LogP contribution in [0, 0.1) is 0 Å². The van der Waals surface area contributed by atoms with Gasteiger partial charge in [0.15, 0.2) is 5.75 Å². The summed E-state index contributed by atoms with van der Waals surface area (Å²) < 4.78 is 5.14. The van der Waals surface area contributed by atoms with Crippen LogP contribution in [0.5, 0.6) is 5.75 Å². The molecule has 0 atom stereocenters. The molecule has 8 heteroatoms. The van der Waals surface area contributed by atoms with E-state index < -0.39 is 21.7 Å². The monoisotopic (exact) mass is 397 g/mol. The largest absolute Gasteiger partial charge is 0.488 e. The topological polar surface area (TPSA) is 114 Å². The fourth-order valence-corrected chi connectivity index (χ4v) is 3.03. The fourth-order valence-electron chi connectivity index (χ4n) is 3.03. The molecule has 0 radical (unpaired) electrons. The van der Waals surface area contributed by atoms with Gasteiger partial charge in [-0.25, -0.2) is 0 Å². The van der Waals surface area contributed by atoms with Gasteiger partial charge in [0.25, 0.3) is 21.7 Å². The molecule has 0 saturated carbocycles. The minimum atomic E-state index is -0.609. The van der Waals surface area contributed by atoms with Crippen molar-refractivity contribution in [2.75, 3.05) is 42.2 Å². The molecule has 0 bridgehead atoms. The van der Waals surface area contributed by atoms with E-state index in [4.69, 9.17) is 4.74 Å². The number of hydrogen-bond acceptors (Lipinski definition) is 8. The van der Waals surface area contributed by atoms with Crippen LogP contribution in [0.15, 0.2) is 49.5 Å². The molecule has 0 fully saturated rings. The predicted octanol–water partition coefficient (Wildman–Crippen LogP) is 0.846. The lowest BCUT2D eigenvalue weighted by Crippen LogP contribution is -2.38. The van der Waals surface area contributed by atoms with Gasteiger partial charge in [-0.3, -0.25) is 19.2 Å². The van der Waals surface area contributed by atoms with E-state index >= 15 is 0 Å². The van der Waals surface area contributed by atoms with E-state index in [1.165, 1.54) is 0 Å². The van der Waals surface area contributed by atoms with Gasteiger partial charge in [0.1, 0.15) is 17.1 Å². The minimum absolute atomic E-state index is 0.0813. The Morgan fingerprint density at radius 2 is 1.28 bits per heavy atom. The van der Waals surface area contributed by atoms with Crippen LogP contribution in [0.1, 0.15) is 18.9 Å². The lowest BCUT2D eigenvalue weighted by molar-refractivity contribution is 0.334. The maximum atomic E-state index is 11.8. The van der Waals surface area contributed by atoms with Crippen LogP contribution in [-0.2, 0) is 6.42 Å². The van der Waals surface area contributed by atoms with E-state index in [2.05, 4.69) is 16.0 Å².